The van der Waals surface area contributed by atoms with Crippen LogP contribution < -0.4 is 5.32 Å². The van der Waals surface area contributed by atoms with Gasteiger partial charge in [-0.2, -0.15) is 0 Å². The summed E-state index contributed by atoms with van der Waals surface area (Å²) in [5, 5.41) is 5.86. The number of benzene rings is 1. The molecule has 5 heterocycles. The van der Waals surface area contributed by atoms with E-state index in [2.05, 4.69) is 80.7 Å². The second kappa shape index (κ2) is 8.37. The molecule has 0 amide bonds. The molecule has 1 aliphatic heterocycles. The first-order valence-electron chi connectivity index (χ1n) is 11.7. The van der Waals surface area contributed by atoms with E-state index in [1.54, 1.807) is 0 Å². The number of hydrogen-bond acceptors (Lipinski definition) is 4. The summed E-state index contributed by atoms with van der Waals surface area (Å²) in [6.45, 7) is 3.01. The van der Waals surface area contributed by atoms with Crippen molar-refractivity contribution in [2.24, 2.45) is 0 Å². The number of aromatic nitrogens is 4. The third kappa shape index (κ3) is 3.98. The molecule has 0 saturated carbocycles. The van der Waals surface area contributed by atoms with Crippen molar-refractivity contribution in [1.82, 2.24) is 24.8 Å². The van der Waals surface area contributed by atoms with Crippen LogP contribution in [0.4, 0.5) is 5.82 Å². The molecule has 33 heavy (non-hydrogen) atoms. The third-order valence-corrected chi connectivity index (χ3v) is 6.83. The maximum absolute atomic E-state index is 4.92. The summed E-state index contributed by atoms with van der Waals surface area (Å²) in [5.41, 5.74) is 6.70. The van der Waals surface area contributed by atoms with Crippen molar-refractivity contribution in [2.75, 3.05) is 25.5 Å². The number of rotatable bonds is 5. The zero-order chi connectivity index (χ0) is 22.2. The van der Waals surface area contributed by atoms with Crippen molar-refractivity contribution < 1.29 is 0 Å². The Morgan fingerprint density at radius 2 is 1.97 bits per heavy atom. The molecular weight excluding hydrogens is 408 g/mol. The quantitative estimate of drug-likeness (QED) is 0.339. The fourth-order valence-corrected chi connectivity index (χ4v) is 4.89. The Bertz CT molecular complexity index is 1410. The molecule has 0 bridgehead atoms. The highest BCUT2D eigenvalue weighted by atomic mass is 15.1. The van der Waals surface area contributed by atoms with Crippen LogP contribution in [0.15, 0.2) is 67.0 Å². The van der Waals surface area contributed by atoms with Crippen LogP contribution >= 0.6 is 0 Å². The predicted molar refractivity (Wildman–Crippen MR) is 134 cm³/mol. The monoisotopic (exact) mass is 436 g/mol. The van der Waals surface area contributed by atoms with E-state index in [0.717, 1.165) is 53.3 Å². The number of anilines is 1. The summed E-state index contributed by atoms with van der Waals surface area (Å²) in [7, 11) is 2.20. The number of fused-ring (bicyclic) bond motifs is 2. The molecule has 1 aromatic carbocycles. The van der Waals surface area contributed by atoms with Crippen LogP contribution in [-0.4, -0.2) is 45.0 Å². The van der Waals surface area contributed by atoms with Gasteiger partial charge in [0, 0.05) is 47.0 Å². The van der Waals surface area contributed by atoms with Crippen molar-refractivity contribution in [2.45, 2.75) is 25.3 Å². The van der Waals surface area contributed by atoms with Gasteiger partial charge in [-0.05, 0) is 80.3 Å². The highest BCUT2D eigenvalue weighted by Crippen LogP contribution is 2.33. The maximum Gasteiger partial charge on any atom is 0.138 e. The smallest absolute Gasteiger partial charge is 0.138 e. The van der Waals surface area contributed by atoms with Crippen LogP contribution in [0.1, 0.15) is 30.0 Å². The molecule has 0 atom stereocenters. The Labute approximate surface area is 193 Å². The van der Waals surface area contributed by atoms with E-state index in [-0.39, 0.29) is 0 Å². The zero-order valence-corrected chi connectivity index (χ0v) is 18.8. The number of H-pyrrole nitrogens is 2. The highest BCUT2D eigenvalue weighted by molar-refractivity contribution is 5.92. The zero-order valence-electron chi connectivity index (χ0n) is 18.8. The summed E-state index contributed by atoms with van der Waals surface area (Å²) in [4.78, 5) is 18.8. The van der Waals surface area contributed by atoms with Gasteiger partial charge < -0.3 is 20.2 Å². The average molecular weight is 437 g/mol. The Kier molecular flexibility index (Phi) is 5.07. The molecule has 1 saturated heterocycles. The minimum absolute atomic E-state index is 0.571. The second-order valence-electron chi connectivity index (χ2n) is 9.08. The summed E-state index contributed by atoms with van der Waals surface area (Å²) in [6.07, 6.45) is 6.22. The fraction of sp³-hybridized carbons (Fsp3) is 0.259. The molecule has 0 radical (unpaired) electrons. The van der Waals surface area contributed by atoms with E-state index in [4.69, 9.17) is 4.98 Å². The lowest BCUT2D eigenvalue weighted by atomic mass is 9.93. The first kappa shape index (κ1) is 20.0. The summed E-state index contributed by atoms with van der Waals surface area (Å²) in [5.74, 6) is 1.44. The molecule has 6 nitrogen and oxygen atoms in total. The number of piperidine rings is 1. The largest absolute Gasteiger partial charge is 0.366 e. The van der Waals surface area contributed by atoms with Gasteiger partial charge >= 0.3 is 0 Å². The third-order valence-electron chi connectivity index (χ3n) is 6.83. The highest BCUT2D eigenvalue weighted by Gasteiger charge is 2.21. The average Bonchev–Trinajstić information content (AvgIpc) is 3.50. The Balaban J connectivity index is 1.25. The van der Waals surface area contributed by atoms with E-state index in [9.17, 15) is 0 Å². The summed E-state index contributed by atoms with van der Waals surface area (Å²) in [6, 6.07) is 19.1. The van der Waals surface area contributed by atoms with Gasteiger partial charge in [-0.1, -0.05) is 18.2 Å². The van der Waals surface area contributed by atoms with Gasteiger partial charge in [0.1, 0.15) is 11.5 Å². The molecule has 0 aliphatic carbocycles. The lowest BCUT2D eigenvalue weighted by Crippen LogP contribution is -2.29. The molecule has 6 heteroatoms. The van der Waals surface area contributed by atoms with E-state index < -0.39 is 0 Å². The van der Waals surface area contributed by atoms with Crippen molar-refractivity contribution in [1.29, 1.82) is 0 Å². The Morgan fingerprint density at radius 1 is 1.06 bits per heavy atom. The van der Waals surface area contributed by atoms with E-state index in [1.165, 1.54) is 29.5 Å². The van der Waals surface area contributed by atoms with Gasteiger partial charge in [0.25, 0.3) is 0 Å². The first-order valence-corrected chi connectivity index (χ1v) is 11.7. The number of likely N-dealkylation sites (tertiary alicyclic amines) is 1. The normalized spacial score (nSPS) is 15.4. The SMILES string of the molecule is CN1CCC(c2cc3c(-c4cccc(NCc5ccc6cc[nH]c6c5)n4)ccnc3[nH]2)CC1. The first-order chi connectivity index (χ1) is 16.2. The number of aromatic amines is 2. The molecule has 0 spiro atoms. The van der Waals surface area contributed by atoms with Gasteiger partial charge in [0.2, 0.25) is 0 Å². The molecule has 4 aromatic heterocycles. The summed E-state index contributed by atoms with van der Waals surface area (Å²) < 4.78 is 0. The van der Waals surface area contributed by atoms with Crippen LogP contribution in [0.3, 0.4) is 0 Å². The molecule has 6 rings (SSSR count). The molecule has 3 N–H and O–H groups in total. The maximum atomic E-state index is 4.92. The van der Waals surface area contributed by atoms with Crippen LogP contribution in [0.2, 0.25) is 0 Å². The molecular formula is C27H28N6. The Hall–Kier alpha value is -3.64. The van der Waals surface area contributed by atoms with Gasteiger partial charge in [0.05, 0.1) is 5.69 Å². The fourth-order valence-electron chi connectivity index (χ4n) is 4.89. The minimum Gasteiger partial charge on any atom is -0.366 e. The number of nitrogens with zero attached hydrogens (tertiary/aromatic N) is 3. The number of nitrogens with one attached hydrogen (secondary N) is 3. The van der Waals surface area contributed by atoms with Gasteiger partial charge in [-0.25, -0.2) is 9.97 Å². The molecule has 1 fully saturated rings. The minimum atomic E-state index is 0.571. The van der Waals surface area contributed by atoms with Crippen LogP contribution in [-0.2, 0) is 6.54 Å². The molecule has 1 aliphatic rings. The lowest BCUT2D eigenvalue weighted by molar-refractivity contribution is 0.254. The van der Waals surface area contributed by atoms with E-state index in [0.29, 0.717) is 5.92 Å². The molecule has 5 aromatic rings. The number of pyridine rings is 2. The Morgan fingerprint density at radius 3 is 2.88 bits per heavy atom. The summed E-state index contributed by atoms with van der Waals surface area (Å²) >= 11 is 0. The van der Waals surface area contributed by atoms with Gasteiger partial charge in [-0.3, -0.25) is 0 Å². The van der Waals surface area contributed by atoms with E-state index in [1.807, 2.05) is 18.5 Å². The van der Waals surface area contributed by atoms with Crippen molar-refractivity contribution in [3.63, 3.8) is 0 Å². The van der Waals surface area contributed by atoms with Crippen LogP contribution in [0, 0.1) is 0 Å². The van der Waals surface area contributed by atoms with Gasteiger partial charge in [-0.15, -0.1) is 0 Å². The molecule has 0 unspecified atom stereocenters. The standard InChI is InChI=1S/C27H28N6/c1-33-13-9-20(10-14-33)25-16-22-21(8-12-29-27(22)32-25)23-3-2-4-26(31-23)30-17-18-5-6-19-7-11-28-24(19)15-18/h2-8,11-12,15-16,20,28H,9-10,13-14,17H2,1H3,(H,29,32)(H,30,31). The van der Waals surface area contributed by atoms with Crippen LogP contribution in [0.25, 0.3) is 33.2 Å². The number of hydrogen-bond donors (Lipinski definition) is 3. The molecule has 166 valence electrons. The van der Waals surface area contributed by atoms with Crippen LogP contribution in [0.5, 0.6) is 0 Å². The van der Waals surface area contributed by atoms with Crippen molar-refractivity contribution in [3.05, 3.63) is 78.2 Å². The van der Waals surface area contributed by atoms with Crippen molar-refractivity contribution in [3.8, 4) is 11.3 Å². The van der Waals surface area contributed by atoms with E-state index >= 15 is 0 Å². The topological polar surface area (TPSA) is 72.6 Å². The second-order valence-corrected chi connectivity index (χ2v) is 9.08. The van der Waals surface area contributed by atoms with Gasteiger partial charge in [0.15, 0.2) is 0 Å². The van der Waals surface area contributed by atoms with Crippen molar-refractivity contribution >= 4 is 27.8 Å². The lowest BCUT2D eigenvalue weighted by Gasteiger charge is -2.28. The predicted octanol–water partition coefficient (Wildman–Crippen LogP) is 5.53.